The molecule has 0 radical (unpaired) electrons. The van der Waals surface area contributed by atoms with Gasteiger partial charge in [0.15, 0.2) is 0 Å². The van der Waals surface area contributed by atoms with E-state index in [0.29, 0.717) is 26.1 Å². The highest BCUT2D eigenvalue weighted by Gasteiger charge is 2.22. The molecule has 2 aromatic carbocycles. The van der Waals surface area contributed by atoms with Crippen molar-refractivity contribution in [1.82, 2.24) is 9.80 Å². The summed E-state index contributed by atoms with van der Waals surface area (Å²) in [5, 5.41) is 3.00. The van der Waals surface area contributed by atoms with Gasteiger partial charge in [-0.3, -0.25) is 14.5 Å². The van der Waals surface area contributed by atoms with Crippen molar-refractivity contribution in [3.63, 3.8) is 0 Å². The number of aryl methyl sites for hydroxylation is 1. The Labute approximate surface area is 196 Å². The van der Waals surface area contributed by atoms with Gasteiger partial charge in [0.1, 0.15) is 5.75 Å². The highest BCUT2D eigenvalue weighted by molar-refractivity contribution is 5.92. The van der Waals surface area contributed by atoms with Crippen molar-refractivity contribution in [3.8, 4) is 5.75 Å². The Kier molecular flexibility index (Phi) is 7.83. The van der Waals surface area contributed by atoms with E-state index in [0.717, 1.165) is 49.6 Å². The summed E-state index contributed by atoms with van der Waals surface area (Å²) in [6, 6.07) is 16.0. The van der Waals surface area contributed by atoms with E-state index < -0.39 is 0 Å². The van der Waals surface area contributed by atoms with Crippen molar-refractivity contribution >= 4 is 23.2 Å². The quantitative estimate of drug-likeness (QED) is 0.670. The largest absolute Gasteiger partial charge is 0.497 e. The fourth-order valence-corrected chi connectivity index (χ4v) is 4.49. The van der Waals surface area contributed by atoms with Gasteiger partial charge in [0.2, 0.25) is 11.8 Å². The molecule has 4 rings (SSSR count). The maximum atomic E-state index is 12.6. The van der Waals surface area contributed by atoms with E-state index in [9.17, 15) is 9.59 Å². The number of nitrogens with one attached hydrogen (secondary N) is 1. The van der Waals surface area contributed by atoms with Gasteiger partial charge in [-0.2, -0.15) is 0 Å². The van der Waals surface area contributed by atoms with Gasteiger partial charge in [-0.1, -0.05) is 12.1 Å². The van der Waals surface area contributed by atoms with Crippen molar-refractivity contribution in [2.24, 2.45) is 0 Å². The third kappa shape index (κ3) is 6.48. The summed E-state index contributed by atoms with van der Waals surface area (Å²) >= 11 is 0. The first-order chi connectivity index (χ1) is 16.1. The van der Waals surface area contributed by atoms with E-state index in [4.69, 9.17) is 4.74 Å². The lowest BCUT2D eigenvalue weighted by molar-refractivity contribution is -0.133. The average molecular weight is 451 g/mol. The number of nitrogens with zero attached hydrogens (tertiary/aromatic N) is 3. The van der Waals surface area contributed by atoms with Crippen LogP contribution in [0.1, 0.15) is 24.8 Å². The van der Waals surface area contributed by atoms with E-state index in [1.54, 1.807) is 7.11 Å². The van der Waals surface area contributed by atoms with Crippen LogP contribution in [0.2, 0.25) is 0 Å². The predicted octanol–water partition coefficient (Wildman–Crippen LogP) is 3.01. The Hall–Kier alpha value is -3.06. The van der Waals surface area contributed by atoms with Crippen LogP contribution in [0.5, 0.6) is 5.75 Å². The first kappa shape index (κ1) is 23.1. The number of amides is 2. The molecule has 0 unspecified atom stereocenters. The lowest BCUT2D eigenvalue weighted by atomic mass is 10.1. The monoisotopic (exact) mass is 450 g/mol. The number of benzene rings is 2. The molecule has 1 N–H and O–H groups in total. The smallest absolute Gasteiger partial charge is 0.238 e. The zero-order chi connectivity index (χ0) is 23.0. The van der Waals surface area contributed by atoms with Gasteiger partial charge in [0.25, 0.3) is 0 Å². The van der Waals surface area contributed by atoms with Crippen LogP contribution in [0.15, 0.2) is 48.5 Å². The third-order valence-corrected chi connectivity index (χ3v) is 6.50. The van der Waals surface area contributed by atoms with Crippen LogP contribution in [-0.4, -0.2) is 74.5 Å². The summed E-state index contributed by atoms with van der Waals surface area (Å²) in [5.41, 5.74) is 3.18. The number of carbonyl (C=O) groups is 2. The second-order valence-electron chi connectivity index (χ2n) is 8.79. The van der Waals surface area contributed by atoms with Gasteiger partial charge >= 0.3 is 0 Å². The molecule has 176 valence electrons. The van der Waals surface area contributed by atoms with E-state index in [-0.39, 0.29) is 11.8 Å². The van der Waals surface area contributed by atoms with Crippen LogP contribution in [0.25, 0.3) is 0 Å². The van der Waals surface area contributed by atoms with Crippen molar-refractivity contribution in [3.05, 3.63) is 54.1 Å². The molecule has 0 bridgehead atoms. The van der Waals surface area contributed by atoms with Crippen LogP contribution in [0, 0.1) is 0 Å². The summed E-state index contributed by atoms with van der Waals surface area (Å²) in [7, 11) is 1.65. The lowest BCUT2D eigenvalue weighted by Gasteiger charge is -2.34. The molecule has 2 heterocycles. The Balaban J connectivity index is 1.16. The molecule has 2 aliphatic rings. The van der Waals surface area contributed by atoms with Crippen molar-refractivity contribution in [2.75, 3.05) is 63.1 Å². The van der Waals surface area contributed by atoms with E-state index >= 15 is 0 Å². The topological polar surface area (TPSA) is 65.1 Å². The molecule has 2 fully saturated rings. The summed E-state index contributed by atoms with van der Waals surface area (Å²) in [6.45, 7) is 5.34. The predicted molar refractivity (Wildman–Crippen MR) is 131 cm³/mol. The maximum Gasteiger partial charge on any atom is 0.238 e. The lowest BCUT2D eigenvalue weighted by Crippen LogP contribution is -2.50. The molecule has 2 amide bonds. The van der Waals surface area contributed by atoms with E-state index in [2.05, 4.69) is 27.2 Å². The normalized spacial score (nSPS) is 16.6. The van der Waals surface area contributed by atoms with Crippen molar-refractivity contribution in [2.45, 2.75) is 25.7 Å². The molecule has 0 aromatic heterocycles. The minimum absolute atomic E-state index is 0.0109. The summed E-state index contributed by atoms with van der Waals surface area (Å²) in [6.07, 6.45) is 3.72. The number of piperazine rings is 1. The van der Waals surface area contributed by atoms with Crippen molar-refractivity contribution < 1.29 is 14.3 Å². The Morgan fingerprint density at radius 2 is 1.55 bits per heavy atom. The minimum atomic E-state index is -0.0109. The molecule has 2 aromatic rings. The van der Waals surface area contributed by atoms with Crippen LogP contribution in [0.3, 0.4) is 0 Å². The van der Waals surface area contributed by atoms with Crippen LogP contribution in [-0.2, 0) is 16.0 Å². The number of methoxy groups -OCH3 is 1. The number of carbonyl (C=O) groups excluding carboxylic acids is 2. The molecule has 33 heavy (non-hydrogen) atoms. The summed E-state index contributed by atoms with van der Waals surface area (Å²) < 4.78 is 5.17. The molecule has 7 heteroatoms. The summed E-state index contributed by atoms with van der Waals surface area (Å²) in [4.78, 5) is 31.5. The Bertz CT molecular complexity index is 916. The zero-order valence-corrected chi connectivity index (χ0v) is 19.5. The van der Waals surface area contributed by atoms with Crippen LogP contribution < -0.4 is 15.0 Å². The average Bonchev–Trinajstić information content (AvgIpc) is 3.39. The molecular formula is C26H34N4O3. The number of hydrogen-bond acceptors (Lipinski definition) is 5. The molecule has 2 aliphatic heterocycles. The molecule has 0 atom stereocenters. The molecule has 0 aliphatic carbocycles. The first-order valence-corrected chi connectivity index (χ1v) is 11.9. The van der Waals surface area contributed by atoms with E-state index in [1.165, 1.54) is 18.5 Å². The fourth-order valence-electron chi connectivity index (χ4n) is 4.49. The molecule has 0 saturated carbocycles. The summed E-state index contributed by atoms with van der Waals surface area (Å²) in [5.74, 6) is 0.987. The third-order valence-electron chi connectivity index (χ3n) is 6.50. The van der Waals surface area contributed by atoms with Gasteiger partial charge in [-0.15, -0.1) is 0 Å². The highest BCUT2D eigenvalue weighted by Crippen LogP contribution is 2.22. The van der Waals surface area contributed by atoms with Gasteiger partial charge in [0.05, 0.1) is 13.7 Å². The highest BCUT2D eigenvalue weighted by atomic mass is 16.5. The maximum absolute atomic E-state index is 12.6. The zero-order valence-electron chi connectivity index (χ0n) is 19.5. The van der Waals surface area contributed by atoms with Gasteiger partial charge < -0.3 is 19.9 Å². The standard InChI is InChI=1S/C26H34N4O3/c1-33-24-11-4-21(5-12-24)6-13-26(32)30-18-16-28(17-19-30)20-25(31)27-22-7-9-23(10-8-22)29-14-2-3-15-29/h4-5,7-12H,2-3,6,13-20H2,1H3,(H,27,31). The van der Waals surface area contributed by atoms with Crippen LogP contribution in [0.4, 0.5) is 11.4 Å². The van der Waals surface area contributed by atoms with E-state index in [1.807, 2.05) is 41.3 Å². The minimum Gasteiger partial charge on any atom is -0.497 e. The first-order valence-electron chi connectivity index (χ1n) is 11.9. The van der Waals surface area contributed by atoms with Gasteiger partial charge in [-0.25, -0.2) is 0 Å². The second-order valence-corrected chi connectivity index (χ2v) is 8.79. The molecule has 7 nitrogen and oxygen atoms in total. The Morgan fingerprint density at radius 1 is 0.879 bits per heavy atom. The van der Waals surface area contributed by atoms with Gasteiger partial charge in [0, 0.05) is 57.1 Å². The molecule has 2 saturated heterocycles. The second kappa shape index (κ2) is 11.2. The van der Waals surface area contributed by atoms with Gasteiger partial charge in [-0.05, 0) is 61.2 Å². The molecule has 0 spiro atoms. The Morgan fingerprint density at radius 3 is 2.18 bits per heavy atom. The SMILES string of the molecule is COc1ccc(CCC(=O)N2CCN(CC(=O)Nc3ccc(N4CCCC4)cc3)CC2)cc1. The number of hydrogen-bond donors (Lipinski definition) is 1. The molecular weight excluding hydrogens is 416 g/mol. The van der Waals surface area contributed by atoms with Crippen LogP contribution >= 0.6 is 0 Å². The number of rotatable bonds is 8. The number of anilines is 2. The van der Waals surface area contributed by atoms with Crippen molar-refractivity contribution in [1.29, 1.82) is 0 Å². The fraction of sp³-hybridized carbons (Fsp3) is 0.462. The number of ether oxygens (including phenoxy) is 1.